The molecule has 2 aromatic carbocycles. The molecular weight excluding hydrogens is 324 g/mol. The number of rotatable bonds is 3. The van der Waals surface area contributed by atoms with Crippen LogP contribution in [0.5, 0.6) is 0 Å². The van der Waals surface area contributed by atoms with Gasteiger partial charge in [0.15, 0.2) is 4.96 Å². The molecule has 0 bridgehead atoms. The Balaban J connectivity index is 1.61. The molecule has 0 fully saturated rings. The minimum Gasteiger partial charge on any atom is -0.297 e. The lowest BCUT2D eigenvalue weighted by Gasteiger charge is -1.99. The lowest BCUT2D eigenvalue weighted by molar-refractivity contribution is 1.16. The van der Waals surface area contributed by atoms with E-state index in [1.165, 1.54) is 16.0 Å². The smallest absolute Gasteiger partial charge is 0.194 e. The van der Waals surface area contributed by atoms with Gasteiger partial charge in [-0.1, -0.05) is 53.6 Å². The van der Waals surface area contributed by atoms with Gasteiger partial charge in [-0.3, -0.25) is 4.40 Å². The van der Waals surface area contributed by atoms with Gasteiger partial charge < -0.3 is 0 Å². The lowest BCUT2D eigenvalue weighted by Crippen LogP contribution is -1.85. The summed E-state index contributed by atoms with van der Waals surface area (Å²) in [6, 6.07) is 16.5. The van der Waals surface area contributed by atoms with E-state index in [1.54, 1.807) is 11.3 Å². The van der Waals surface area contributed by atoms with E-state index in [2.05, 4.69) is 48.0 Å². The molecule has 0 amide bonds. The van der Waals surface area contributed by atoms with Gasteiger partial charge in [0, 0.05) is 34.3 Å². The number of thiazole rings is 1. The second-order valence-corrected chi connectivity index (χ2v) is 7.21. The van der Waals surface area contributed by atoms with Crippen LogP contribution in [0.15, 0.2) is 60.9 Å². The lowest BCUT2D eigenvalue weighted by atomic mass is 10.1. The number of hydrogen-bond acceptors (Lipinski definition) is 2. The predicted molar refractivity (Wildman–Crippen MR) is 97.5 cm³/mol. The van der Waals surface area contributed by atoms with Crippen molar-refractivity contribution in [3.63, 3.8) is 0 Å². The molecule has 0 N–H and O–H groups in total. The van der Waals surface area contributed by atoms with Crippen molar-refractivity contribution >= 4 is 27.9 Å². The quantitative estimate of drug-likeness (QED) is 0.474. The van der Waals surface area contributed by atoms with Crippen LogP contribution < -0.4 is 0 Å². The van der Waals surface area contributed by atoms with Crippen LogP contribution in [0.4, 0.5) is 0 Å². The zero-order chi connectivity index (χ0) is 15.8. The molecule has 23 heavy (non-hydrogen) atoms. The Morgan fingerprint density at radius 1 is 1.00 bits per heavy atom. The van der Waals surface area contributed by atoms with Crippen molar-refractivity contribution in [1.82, 2.24) is 9.38 Å². The molecule has 0 aliphatic rings. The molecule has 0 atom stereocenters. The molecule has 0 saturated heterocycles. The van der Waals surface area contributed by atoms with Crippen molar-refractivity contribution in [2.24, 2.45) is 0 Å². The maximum absolute atomic E-state index is 5.94. The molecule has 0 aliphatic heterocycles. The second kappa shape index (κ2) is 5.84. The van der Waals surface area contributed by atoms with Crippen LogP contribution in [-0.4, -0.2) is 9.38 Å². The summed E-state index contributed by atoms with van der Waals surface area (Å²) in [7, 11) is 0. The van der Waals surface area contributed by atoms with Crippen molar-refractivity contribution in [1.29, 1.82) is 0 Å². The van der Waals surface area contributed by atoms with E-state index >= 15 is 0 Å². The number of fused-ring (bicyclic) bond motifs is 1. The van der Waals surface area contributed by atoms with Gasteiger partial charge in [0.25, 0.3) is 0 Å². The first kappa shape index (κ1) is 14.5. The first-order valence-electron chi connectivity index (χ1n) is 7.46. The number of imidazole rings is 1. The molecule has 2 heterocycles. The highest BCUT2D eigenvalue weighted by Crippen LogP contribution is 2.26. The summed E-state index contributed by atoms with van der Waals surface area (Å²) in [5, 5.41) is 0.746. The Hall–Kier alpha value is -2.10. The molecule has 2 nitrogen and oxygen atoms in total. The highest BCUT2D eigenvalue weighted by atomic mass is 35.5. The molecule has 4 rings (SSSR count). The fraction of sp³-hybridized carbons (Fsp3) is 0.105. The van der Waals surface area contributed by atoms with E-state index in [9.17, 15) is 0 Å². The molecule has 0 saturated carbocycles. The molecule has 0 radical (unpaired) electrons. The van der Waals surface area contributed by atoms with Gasteiger partial charge in [0.2, 0.25) is 0 Å². The average molecular weight is 339 g/mol. The first-order chi connectivity index (χ1) is 11.2. The number of benzene rings is 2. The molecule has 0 spiro atoms. The van der Waals surface area contributed by atoms with Crippen molar-refractivity contribution in [2.75, 3.05) is 0 Å². The molecule has 4 heteroatoms. The van der Waals surface area contributed by atoms with Crippen LogP contribution in [0.3, 0.4) is 0 Å². The van der Waals surface area contributed by atoms with E-state index in [0.717, 1.165) is 27.7 Å². The van der Waals surface area contributed by atoms with Gasteiger partial charge in [-0.2, -0.15) is 0 Å². The highest BCUT2D eigenvalue weighted by Gasteiger charge is 2.08. The largest absolute Gasteiger partial charge is 0.297 e. The Kier molecular flexibility index (Phi) is 3.68. The zero-order valence-electron chi connectivity index (χ0n) is 12.7. The van der Waals surface area contributed by atoms with Crippen molar-refractivity contribution in [2.45, 2.75) is 13.3 Å². The first-order valence-corrected chi connectivity index (χ1v) is 8.66. The number of aromatic nitrogens is 2. The van der Waals surface area contributed by atoms with Crippen molar-refractivity contribution in [3.8, 4) is 11.3 Å². The van der Waals surface area contributed by atoms with E-state index in [0.29, 0.717) is 0 Å². The monoisotopic (exact) mass is 338 g/mol. The maximum atomic E-state index is 5.94. The Labute approximate surface area is 144 Å². The normalized spacial score (nSPS) is 11.2. The van der Waals surface area contributed by atoms with Gasteiger partial charge >= 0.3 is 0 Å². The van der Waals surface area contributed by atoms with Gasteiger partial charge in [0.1, 0.15) is 0 Å². The van der Waals surface area contributed by atoms with E-state index in [4.69, 9.17) is 16.6 Å². The minimum atomic E-state index is 0.746. The van der Waals surface area contributed by atoms with Crippen LogP contribution in [0.1, 0.15) is 16.0 Å². The van der Waals surface area contributed by atoms with E-state index in [1.807, 2.05) is 24.3 Å². The molecular formula is C19H15ClN2S. The van der Waals surface area contributed by atoms with E-state index < -0.39 is 0 Å². The topological polar surface area (TPSA) is 17.3 Å². The standard InChI is InChI=1S/C19H15ClN2S/c1-13-2-4-14(5-3-13)10-17-11-22-12-18(21-19(22)23-17)15-6-8-16(20)9-7-15/h2-9,11-12H,10H2,1H3. The minimum absolute atomic E-state index is 0.746. The summed E-state index contributed by atoms with van der Waals surface area (Å²) >= 11 is 7.68. The second-order valence-electron chi connectivity index (χ2n) is 5.68. The number of hydrogen-bond donors (Lipinski definition) is 0. The third-order valence-corrected chi connectivity index (χ3v) is 5.09. The number of halogens is 1. The molecule has 114 valence electrons. The Morgan fingerprint density at radius 2 is 1.74 bits per heavy atom. The Morgan fingerprint density at radius 3 is 2.43 bits per heavy atom. The van der Waals surface area contributed by atoms with Crippen molar-refractivity contribution < 1.29 is 0 Å². The van der Waals surface area contributed by atoms with Gasteiger partial charge in [0.05, 0.1) is 5.69 Å². The SMILES string of the molecule is Cc1ccc(Cc2cn3cc(-c4ccc(Cl)cc4)nc3s2)cc1. The number of aryl methyl sites for hydroxylation is 1. The summed E-state index contributed by atoms with van der Waals surface area (Å²) in [5.74, 6) is 0. The summed E-state index contributed by atoms with van der Waals surface area (Å²) in [6.07, 6.45) is 5.20. The summed E-state index contributed by atoms with van der Waals surface area (Å²) in [5.41, 5.74) is 4.69. The van der Waals surface area contributed by atoms with E-state index in [-0.39, 0.29) is 0 Å². The molecule has 4 aromatic rings. The highest BCUT2D eigenvalue weighted by molar-refractivity contribution is 7.17. The summed E-state index contributed by atoms with van der Waals surface area (Å²) in [4.78, 5) is 7.07. The summed E-state index contributed by atoms with van der Waals surface area (Å²) in [6.45, 7) is 2.11. The fourth-order valence-corrected chi connectivity index (χ4v) is 3.71. The van der Waals surface area contributed by atoms with Gasteiger partial charge in [-0.25, -0.2) is 4.98 Å². The fourth-order valence-electron chi connectivity index (χ4n) is 2.59. The van der Waals surface area contributed by atoms with Crippen LogP contribution in [0.2, 0.25) is 5.02 Å². The van der Waals surface area contributed by atoms with Gasteiger partial charge in [-0.05, 0) is 24.6 Å². The molecule has 2 aromatic heterocycles. The van der Waals surface area contributed by atoms with Crippen LogP contribution in [-0.2, 0) is 6.42 Å². The zero-order valence-corrected chi connectivity index (χ0v) is 14.2. The summed E-state index contributed by atoms with van der Waals surface area (Å²) < 4.78 is 2.11. The van der Waals surface area contributed by atoms with Crippen LogP contribution in [0.25, 0.3) is 16.2 Å². The number of nitrogens with zero attached hydrogens (tertiary/aromatic N) is 2. The maximum Gasteiger partial charge on any atom is 0.194 e. The van der Waals surface area contributed by atoms with Crippen molar-refractivity contribution in [3.05, 3.63) is 82.0 Å². The molecule has 0 unspecified atom stereocenters. The molecule has 0 aliphatic carbocycles. The Bertz CT molecular complexity index is 918. The van der Waals surface area contributed by atoms with Gasteiger partial charge in [-0.15, -0.1) is 11.3 Å². The third kappa shape index (κ3) is 3.03. The van der Waals surface area contributed by atoms with Crippen LogP contribution in [0, 0.1) is 6.92 Å². The van der Waals surface area contributed by atoms with Crippen LogP contribution >= 0.6 is 22.9 Å². The third-order valence-electron chi connectivity index (χ3n) is 3.84. The average Bonchev–Trinajstić information content (AvgIpc) is 3.09. The predicted octanol–water partition coefficient (Wildman–Crippen LogP) is 5.62.